The van der Waals surface area contributed by atoms with Crippen LogP contribution in [0.1, 0.15) is 26.7 Å². The Hall–Kier alpha value is -1.73. The molecule has 1 heterocycles. The summed E-state index contributed by atoms with van der Waals surface area (Å²) in [5.74, 6) is 1.65. The molecule has 25 heavy (non-hydrogen) atoms. The fourth-order valence-electron chi connectivity index (χ4n) is 2.32. The van der Waals surface area contributed by atoms with E-state index in [0.717, 1.165) is 31.5 Å². The number of benzene rings is 1. The second kappa shape index (κ2) is 9.68. The number of hydrogen-bond acceptors (Lipinski definition) is 5. The molecule has 1 amide bonds. The van der Waals surface area contributed by atoms with Gasteiger partial charge in [0.2, 0.25) is 11.1 Å². The summed E-state index contributed by atoms with van der Waals surface area (Å²) in [6.07, 6.45) is 2.09. The van der Waals surface area contributed by atoms with E-state index in [4.69, 9.17) is 16.3 Å². The average molecular weight is 383 g/mol. The third kappa shape index (κ3) is 5.37. The Balaban J connectivity index is 2.02. The molecule has 0 atom stereocenters. The molecule has 0 aliphatic heterocycles. The predicted octanol–water partition coefficient (Wildman–Crippen LogP) is 3.87. The van der Waals surface area contributed by atoms with Crippen molar-refractivity contribution in [1.29, 1.82) is 0 Å². The molecule has 1 N–H and O–H groups in total. The van der Waals surface area contributed by atoms with E-state index in [2.05, 4.69) is 22.1 Å². The average Bonchev–Trinajstić information content (AvgIpc) is 3.09. The molecule has 0 saturated carbocycles. The first-order valence-electron chi connectivity index (χ1n) is 8.25. The molecule has 1 aromatic heterocycles. The largest absolute Gasteiger partial charge is 0.496 e. The van der Waals surface area contributed by atoms with Crippen LogP contribution < -0.4 is 4.74 Å². The van der Waals surface area contributed by atoms with Crippen LogP contribution in [0.2, 0.25) is 5.02 Å². The number of H-pyrrole nitrogens is 1. The van der Waals surface area contributed by atoms with Gasteiger partial charge in [-0.05, 0) is 31.5 Å². The van der Waals surface area contributed by atoms with E-state index in [1.165, 1.54) is 11.8 Å². The lowest BCUT2D eigenvalue weighted by molar-refractivity contribution is -0.128. The molecule has 0 aliphatic carbocycles. The minimum Gasteiger partial charge on any atom is -0.496 e. The van der Waals surface area contributed by atoms with Gasteiger partial charge in [-0.3, -0.25) is 9.89 Å². The van der Waals surface area contributed by atoms with Gasteiger partial charge in [-0.1, -0.05) is 36.7 Å². The Morgan fingerprint density at radius 2 is 2.20 bits per heavy atom. The Bertz CT molecular complexity index is 708. The lowest BCUT2D eigenvalue weighted by Gasteiger charge is -2.19. The van der Waals surface area contributed by atoms with E-state index in [1.54, 1.807) is 25.3 Å². The number of carbonyl (C=O) groups is 1. The highest BCUT2D eigenvalue weighted by atomic mass is 35.5. The van der Waals surface area contributed by atoms with E-state index >= 15 is 0 Å². The lowest BCUT2D eigenvalue weighted by atomic mass is 10.2. The van der Waals surface area contributed by atoms with Crippen LogP contribution in [-0.4, -0.2) is 51.9 Å². The van der Waals surface area contributed by atoms with Crippen molar-refractivity contribution in [3.05, 3.63) is 23.2 Å². The smallest absolute Gasteiger partial charge is 0.233 e. The number of nitrogens with zero attached hydrogens (tertiary/aromatic N) is 3. The fraction of sp³-hybridized carbons (Fsp3) is 0.471. The van der Waals surface area contributed by atoms with Gasteiger partial charge in [0, 0.05) is 18.1 Å². The Labute approximate surface area is 157 Å². The minimum atomic E-state index is 0.104. The van der Waals surface area contributed by atoms with Crippen molar-refractivity contribution in [2.24, 2.45) is 0 Å². The molecule has 8 heteroatoms. The number of aromatic amines is 1. The molecule has 2 rings (SSSR count). The summed E-state index contributed by atoms with van der Waals surface area (Å²) in [6.45, 7) is 5.63. The van der Waals surface area contributed by atoms with Crippen LogP contribution in [0.5, 0.6) is 5.75 Å². The molecule has 0 unspecified atom stereocenters. The predicted molar refractivity (Wildman–Crippen MR) is 101 cm³/mol. The van der Waals surface area contributed by atoms with Gasteiger partial charge < -0.3 is 9.64 Å². The van der Waals surface area contributed by atoms with E-state index in [-0.39, 0.29) is 5.91 Å². The van der Waals surface area contributed by atoms with Crippen LogP contribution in [0.3, 0.4) is 0 Å². The summed E-state index contributed by atoms with van der Waals surface area (Å²) in [5.41, 5.74) is 0.735. The van der Waals surface area contributed by atoms with Crippen LogP contribution in [0.15, 0.2) is 23.4 Å². The molecule has 1 aromatic carbocycles. The SMILES string of the molecule is CCCCN(CC)C(=O)CSc1n[nH]c(-c2cc(Cl)ccc2OC)n1. The van der Waals surface area contributed by atoms with Crippen molar-refractivity contribution in [2.75, 3.05) is 26.0 Å². The fourth-order valence-corrected chi connectivity index (χ4v) is 3.20. The zero-order chi connectivity index (χ0) is 18.2. The number of carbonyl (C=O) groups excluding carboxylic acids is 1. The quantitative estimate of drug-likeness (QED) is 0.666. The normalized spacial score (nSPS) is 10.7. The van der Waals surface area contributed by atoms with Gasteiger partial charge in [0.1, 0.15) is 5.75 Å². The number of rotatable bonds is 9. The van der Waals surface area contributed by atoms with E-state index in [1.807, 2.05) is 11.8 Å². The first-order valence-corrected chi connectivity index (χ1v) is 9.62. The molecule has 0 bridgehead atoms. The van der Waals surface area contributed by atoms with Crippen molar-refractivity contribution in [1.82, 2.24) is 20.1 Å². The number of nitrogens with one attached hydrogen (secondary N) is 1. The number of methoxy groups -OCH3 is 1. The van der Waals surface area contributed by atoms with E-state index in [0.29, 0.717) is 27.5 Å². The van der Waals surface area contributed by atoms with Gasteiger partial charge in [-0.15, -0.1) is 5.10 Å². The van der Waals surface area contributed by atoms with Crippen LogP contribution in [0.25, 0.3) is 11.4 Å². The monoisotopic (exact) mass is 382 g/mol. The van der Waals surface area contributed by atoms with Gasteiger partial charge in [-0.25, -0.2) is 4.98 Å². The molecular weight excluding hydrogens is 360 g/mol. The zero-order valence-corrected chi connectivity index (χ0v) is 16.3. The highest BCUT2D eigenvalue weighted by molar-refractivity contribution is 7.99. The maximum absolute atomic E-state index is 12.3. The molecule has 0 fully saturated rings. The first-order chi connectivity index (χ1) is 12.1. The third-order valence-corrected chi connectivity index (χ3v) is 4.79. The number of unbranched alkanes of at least 4 members (excludes halogenated alkanes) is 1. The Morgan fingerprint density at radius 3 is 2.88 bits per heavy atom. The molecule has 0 spiro atoms. The van der Waals surface area contributed by atoms with Gasteiger partial charge in [0.25, 0.3) is 0 Å². The summed E-state index contributed by atoms with van der Waals surface area (Å²) >= 11 is 7.37. The molecule has 2 aromatic rings. The number of ether oxygens (including phenoxy) is 1. The van der Waals surface area contributed by atoms with Gasteiger partial charge >= 0.3 is 0 Å². The highest BCUT2D eigenvalue weighted by Gasteiger charge is 2.15. The van der Waals surface area contributed by atoms with Crippen molar-refractivity contribution in [3.8, 4) is 17.1 Å². The molecule has 0 radical (unpaired) electrons. The van der Waals surface area contributed by atoms with Crippen LogP contribution in [0, 0.1) is 0 Å². The van der Waals surface area contributed by atoms with Crippen LogP contribution in [0.4, 0.5) is 0 Å². The van der Waals surface area contributed by atoms with Crippen LogP contribution in [-0.2, 0) is 4.79 Å². The summed E-state index contributed by atoms with van der Waals surface area (Å²) in [7, 11) is 1.59. The number of hydrogen-bond donors (Lipinski definition) is 1. The number of amides is 1. The zero-order valence-electron chi connectivity index (χ0n) is 14.7. The third-order valence-electron chi connectivity index (χ3n) is 3.72. The lowest BCUT2D eigenvalue weighted by Crippen LogP contribution is -2.33. The maximum atomic E-state index is 12.3. The summed E-state index contributed by atoms with van der Waals surface area (Å²) in [5, 5.41) is 8.17. The molecule has 0 saturated heterocycles. The minimum absolute atomic E-state index is 0.104. The molecule has 0 aliphatic rings. The van der Waals surface area contributed by atoms with Crippen molar-refractivity contribution >= 4 is 29.3 Å². The summed E-state index contributed by atoms with van der Waals surface area (Å²) in [4.78, 5) is 18.6. The summed E-state index contributed by atoms with van der Waals surface area (Å²) < 4.78 is 5.33. The molecule has 136 valence electrons. The van der Waals surface area contributed by atoms with Gasteiger partial charge in [0.05, 0.1) is 18.4 Å². The van der Waals surface area contributed by atoms with Gasteiger partial charge in [0.15, 0.2) is 5.82 Å². The highest BCUT2D eigenvalue weighted by Crippen LogP contribution is 2.31. The Kier molecular flexibility index (Phi) is 7.58. The van der Waals surface area contributed by atoms with E-state index < -0.39 is 0 Å². The molecular formula is C17H23ClN4O2S. The molecule has 6 nitrogen and oxygen atoms in total. The number of thioether (sulfide) groups is 1. The Morgan fingerprint density at radius 1 is 1.40 bits per heavy atom. The second-order valence-electron chi connectivity index (χ2n) is 5.43. The number of halogens is 1. The van der Waals surface area contributed by atoms with Crippen molar-refractivity contribution in [3.63, 3.8) is 0 Å². The number of aromatic nitrogens is 3. The topological polar surface area (TPSA) is 71.1 Å². The van der Waals surface area contributed by atoms with E-state index in [9.17, 15) is 4.79 Å². The van der Waals surface area contributed by atoms with Crippen molar-refractivity contribution in [2.45, 2.75) is 31.8 Å². The standard InChI is InChI=1S/C17H23ClN4O2S/c1-4-6-9-22(5-2)15(23)11-25-17-19-16(20-21-17)13-10-12(18)7-8-14(13)24-3/h7-8,10H,4-6,9,11H2,1-3H3,(H,19,20,21). The van der Waals surface area contributed by atoms with Crippen molar-refractivity contribution < 1.29 is 9.53 Å². The maximum Gasteiger partial charge on any atom is 0.233 e. The second-order valence-corrected chi connectivity index (χ2v) is 6.81. The summed E-state index contributed by atoms with van der Waals surface area (Å²) in [6, 6.07) is 5.30. The van der Waals surface area contributed by atoms with Gasteiger partial charge in [-0.2, -0.15) is 0 Å². The van der Waals surface area contributed by atoms with Crippen LogP contribution >= 0.6 is 23.4 Å². The first kappa shape index (κ1) is 19.6.